The quantitative estimate of drug-likeness (QED) is 0.778. The maximum absolute atomic E-state index is 12.4. The number of benzene rings is 2. The van der Waals surface area contributed by atoms with Crippen LogP contribution < -0.4 is 5.32 Å². The van der Waals surface area contributed by atoms with E-state index in [1.807, 2.05) is 36.4 Å². The van der Waals surface area contributed by atoms with Crippen LogP contribution in [0.25, 0.3) is 0 Å². The van der Waals surface area contributed by atoms with Crippen LogP contribution in [0.4, 0.5) is 5.69 Å². The van der Waals surface area contributed by atoms with Gasteiger partial charge in [-0.1, -0.05) is 31.2 Å². The third-order valence-corrected chi connectivity index (χ3v) is 4.70. The van der Waals surface area contributed by atoms with Crippen molar-refractivity contribution in [1.82, 2.24) is 0 Å². The molecule has 0 spiro atoms. The van der Waals surface area contributed by atoms with E-state index in [1.165, 1.54) is 11.1 Å². The van der Waals surface area contributed by atoms with E-state index in [4.69, 9.17) is 0 Å². The summed E-state index contributed by atoms with van der Waals surface area (Å²) in [5, 5.41) is 3.08. The van der Waals surface area contributed by atoms with E-state index < -0.39 is 0 Å². The maximum atomic E-state index is 12.4. The fraction of sp³-hybridized carbons (Fsp3) is 0.235. The van der Waals surface area contributed by atoms with Crippen molar-refractivity contribution in [2.75, 3.05) is 5.32 Å². The Bertz CT molecular complexity index is 666. The number of carbonyl (C=O) groups excluding carboxylic acids is 1. The molecule has 3 rings (SSSR count). The zero-order chi connectivity index (χ0) is 14.1. The van der Waals surface area contributed by atoms with Crippen molar-refractivity contribution in [3.8, 4) is 0 Å². The lowest BCUT2D eigenvalue weighted by Crippen LogP contribution is -2.14. The highest BCUT2D eigenvalue weighted by Gasteiger charge is 2.21. The van der Waals surface area contributed by atoms with E-state index in [1.54, 1.807) is 0 Å². The third kappa shape index (κ3) is 2.59. The Hall–Kier alpha value is -1.36. The largest absolute Gasteiger partial charge is 0.322 e. The van der Waals surface area contributed by atoms with Crippen molar-refractivity contribution in [2.45, 2.75) is 19.8 Å². The van der Waals surface area contributed by atoms with Gasteiger partial charge < -0.3 is 5.32 Å². The summed E-state index contributed by atoms with van der Waals surface area (Å²) in [4.78, 5) is 12.4. The summed E-state index contributed by atoms with van der Waals surface area (Å²) in [6.07, 6.45) is 2.17. The first-order valence-corrected chi connectivity index (χ1v) is 7.89. The summed E-state index contributed by atoms with van der Waals surface area (Å²) in [6.45, 7) is 2.26. The number of amides is 1. The van der Waals surface area contributed by atoms with Gasteiger partial charge in [0.25, 0.3) is 5.91 Å². The van der Waals surface area contributed by atoms with E-state index in [0.717, 1.165) is 27.7 Å². The van der Waals surface area contributed by atoms with Crippen LogP contribution in [-0.4, -0.2) is 5.91 Å². The lowest BCUT2D eigenvalue weighted by Gasteiger charge is -2.11. The van der Waals surface area contributed by atoms with E-state index in [2.05, 4.69) is 40.9 Å². The number of fused-ring (bicyclic) bond motifs is 1. The average molecular weight is 377 g/mol. The smallest absolute Gasteiger partial charge is 0.256 e. The molecule has 0 heterocycles. The van der Waals surface area contributed by atoms with Gasteiger partial charge >= 0.3 is 0 Å². The van der Waals surface area contributed by atoms with Gasteiger partial charge in [0, 0.05) is 9.26 Å². The molecule has 2 aromatic carbocycles. The molecule has 102 valence electrons. The Morgan fingerprint density at radius 3 is 2.75 bits per heavy atom. The summed E-state index contributed by atoms with van der Waals surface area (Å²) in [5.41, 5.74) is 4.38. The zero-order valence-electron chi connectivity index (χ0n) is 11.3. The SMILES string of the molecule is CC1Cc2cccc(NC(=O)c3ccccc3I)c2C1. The second-order valence-corrected chi connectivity index (χ2v) is 6.55. The molecule has 1 atom stereocenters. The first-order valence-electron chi connectivity index (χ1n) is 6.82. The Labute approximate surface area is 132 Å². The van der Waals surface area contributed by atoms with Gasteiger partial charge in [0.15, 0.2) is 0 Å². The molecule has 2 aromatic rings. The molecule has 0 aromatic heterocycles. The molecular weight excluding hydrogens is 361 g/mol. The van der Waals surface area contributed by atoms with Crippen molar-refractivity contribution in [2.24, 2.45) is 5.92 Å². The summed E-state index contributed by atoms with van der Waals surface area (Å²) < 4.78 is 0.976. The highest BCUT2D eigenvalue weighted by molar-refractivity contribution is 14.1. The molecule has 1 aliphatic rings. The van der Waals surface area contributed by atoms with Gasteiger partial charge in [-0.05, 0) is 70.7 Å². The highest BCUT2D eigenvalue weighted by atomic mass is 127. The van der Waals surface area contributed by atoms with Gasteiger partial charge in [0.05, 0.1) is 5.56 Å². The number of carbonyl (C=O) groups is 1. The Morgan fingerprint density at radius 2 is 1.95 bits per heavy atom. The molecule has 3 heteroatoms. The van der Waals surface area contributed by atoms with Crippen molar-refractivity contribution in [1.29, 1.82) is 0 Å². The van der Waals surface area contributed by atoms with Crippen LogP contribution in [0.15, 0.2) is 42.5 Å². The van der Waals surface area contributed by atoms with E-state index in [9.17, 15) is 4.79 Å². The number of rotatable bonds is 2. The lowest BCUT2D eigenvalue weighted by molar-refractivity contribution is 0.102. The van der Waals surface area contributed by atoms with Crippen LogP contribution in [0, 0.1) is 9.49 Å². The number of hydrogen-bond acceptors (Lipinski definition) is 1. The third-order valence-electron chi connectivity index (χ3n) is 3.76. The monoisotopic (exact) mass is 377 g/mol. The highest BCUT2D eigenvalue weighted by Crippen LogP contribution is 2.32. The van der Waals surface area contributed by atoms with Crippen LogP contribution >= 0.6 is 22.6 Å². The van der Waals surface area contributed by atoms with Crippen molar-refractivity contribution in [3.63, 3.8) is 0 Å². The van der Waals surface area contributed by atoms with E-state index in [0.29, 0.717) is 5.92 Å². The van der Waals surface area contributed by atoms with Gasteiger partial charge in [0.1, 0.15) is 0 Å². The van der Waals surface area contributed by atoms with Crippen molar-refractivity contribution < 1.29 is 4.79 Å². The summed E-state index contributed by atoms with van der Waals surface area (Å²) >= 11 is 2.20. The molecule has 2 nitrogen and oxygen atoms in total. The minimum Gasteiger partial charge on any atom is -0.322 e. The molecule has 0 radical (unpaired) electrons. The van der Waals surface area contributed by atoms with Crippen LogP contribution in [0.1, 0.15) is 28.4 Å². The summed E-state index contributed by atoms with van der Waals surface area (Å²) in [6, 6.07) is 13.9. The number of halogens is 1. The Balaban J connectivity index is 1.88. The second kappa shape index (κ2) is 5.56. The van der Waals surface area contributed by atoms with E-state index >= 15 is 0 Å². The summed E-state index contributed by atoms with van der Waals surface area (Å²) in [7, 11) is 0. The second-order valence-electron chi connectivity index (χ2n) is 5.39. The average Bonchev–Trinajstić information content (AvgIpc) is 2.80. The van der Waals surface area contributed by atoms with Crippen LogP contribution in [0.2, 0.25) is 0 Å². The number of hydrogen-bond donors (Lipinski definition) is 1. The van der Waals surface area contributed by atoms with E-state index in [-0.39, 0.29) is 5.91 Å². The zero-order valence-corrected chi connectivity index (χ0v) is 13.5. The molecule has 1 unspecified atom stereocenters. The van der Waals surface area contributed by atoms with Crippen LogP contribution in [-0.2, 0) is 12.8 Å². The first kappa shape index (κ1) is 13.6. The molecule has 1 aliphatic carbocycles. The van der Waals surface area contributed by atoms with Gasteiger partial charge in [-0.25, -0.2) is 0 Å². The fourth-order valence-electron chi connectivity index (χ4n) is 2.82. The van der Waals surface area contributed by atoms with Gasteiger partial charge in [-0.3, -0.25) is 4.79 Å². The van der Waals surface area contributed by atoms with Crippen molar-refractivity contribution >= 4 is 34.2 Å². The minimum atomic E-state index is -0.0250. The standard InChI is InChI=1S/C17H16INO/c1-11-9-12-5-4-8-16(14(12)10-11)19-17(20)13-6-2-3-7-15(13)18/h2-8,11H,9-10H2,1H3,(H,19,20). The fourth-order valence-corrected chi connectivity index (χ4v) is 3.45. The molecule has 0 saturated carbocycles. The maximum Gasteiger partial charge on any atom is 0.256 e. The molecule has 0 bridgehead atoms. The summed E-state index contributed by atoms with van der Waals surface area (Å²) in [5.74, 6) is 0.642. The Kier molecular flexibility index (Phi) is 3.78. The number of anilines is 1. The normalized spacial score (nSPS) is 16.8. The topological polar surface area (TPSA) is 29.1 Å². The molecule has 1 amide bonds. The minimum absolute atomic E-state index is 0.0250. The molecule has 1 N–H and O–H groups in total. The molecule has 0 aliphatic heterocycles. The first-order chi connectivity index (χ1) is 9.65. The van der Waals surface area contributed by atoms with Gasteiger partial charge in [-0.15, -0.1) is 0 Å². The van der Waals surface area contributed by atoms with Crippen LogP contribution in [0.5, 0.6) is 0 Å². The predicted molar refractivity (Wildman–Crippen MR) is 90.1 cm³/mol. The van der Waals surface area contributed by atoms with Gasteiger partial charge in [-0.2, -0.15) is 0 Å². The predicted octanol–water partition coefficient (Wildman–Crippen LogP) is 4.28. The molecule has 0 fully saturated rings. The molecular formula is C17H16INO. The van der Waals surface area contributed by atoms with Crippen molar-refractivity contribution in [3.05, 3.63) is 62.7 Å². The molecule has 0 saturated heterocycles. The lowest BCUT2D eigenvalue weighted by atomic mass is 10.1. The Morgan fingerprint density at radius 1 is 1.15 bits per heavy atom. The van der Waals surface area contributed by atoms with Crippen LogP contribution in [0.3, 0.4) is 0 Å². The molecule has 20 heavy (non-hydrogen) atoms. The number of nitrogens with one attached hydrogen (secondary N) is 1. The van der Waals surface area contributed by atoms with Gasteiger partial charge in [0.2, 0.25) is 0 Å².